The average Bonchev–Trinajstić information content (AvgIpc) is 2.39. The van der Waals surface area contributed by atoms with E-state index in [2.05, 4.69) is 19.2 Å². The van der Waals surface area contributed by atoms with Crippen molar-refractivity contribution in [2.45, 2.75) is 39.0 Å². The number of benzene rings is 1. The van der Waals surface area contributed by atoms with E-state index in [1.54, 1.807) is 20.3 Å². The van der Waals surface area contributed by atoms with Crippen LogP contribution >= 0.6 is 0 Å². The van der Waals surface area contributed by atoms with Crippen LogP contribution in [-0.4, -0.2) is 31.5 Å². The van der Waals surface area contributed by atoms with Crippen molar-refractivity contribution in [1.82, 2.24) is 5.32 Å². The molecule has 0 heterocycles. The molecule has 4 nitrogen and oxygen atoms in total. The highest BCUT2D eigenvalue weighted by atomic mass is 16.5. The molecule has 0 bridgehead atoms. The molecule has 1 aromatic rings. The molecule has 0 aromatic heterocycles. The van der Waals surface area contributed by atoms with Crippen LogP contribution in [0.15, 0.2) is 18.2 Å². The molecule has 106 valence electrons. The fraction of sp³-hybridized carbons (Fsp3) is 0.600. The first-order chi connectivity index (χ1) is 8.98. The Labute approximate surface area is 114 Å². The van der Waals surface area contributed by atoms with Crippen molar-refractivity contribution in [1.29, 1.82) is 0 Å². The number of aromatic hydroxyl groups is 1. The maximum absolute atomic E-state index is 9.91. The molecule has 0 aliphatic heterocycles. The van der Waals surface area contributed by atoms with Gasteiger partial charge in [0.25, 0.3) is 0 Å². The highest BCUT2D eigenvalue weighted by Gasteiger charge is 2.48. The van der Waals surface area contributed by atoms with Crippen molar-refractivity contribution < 1.29 is 14.6 Å². The van der Waals surface area contributed by atoms with Gasteiger partial charge in [0.05, 0.1) is 13.2 Å². The van der Waals surface area contributed by atoms with Gasteiger partial charge in [-0.15, -0.1) is 0 Å². The van der Waals surface area contributed by atoms with Crippen LogP contribution < -0.4 is 10.1 Å². The predicted molar refractivity (Wildman–Crippen MR) is 74.5 cm³/mol. The lowest BCUT2D eigenvalue weighted by Crippen LogP contribution is -2.60. The Morgan fingerprint density at radius 1 is 1.37 bits per heavy atom. The molecule has 1 saturated carbocycles. The largest absolute Gasteiger partial charge is 0.507 e. The summed E-state index contributed by atoms with van der Waals surface area (Å²) in [6, 6.07) is 5.81. The van der Waals surface area contributed by atoms with E-state index in [4.69, 9.17) is 9.47 Å². The van der Waals surface area contributed by atoms with Crippen LogP contribution in [0.4, 0.5) is 0 Å². The predicted octanol–water partition coefficient (Wildman–Crippen LogP) is 2.30. The Balaban J connectivity index is 1.93. The maximum atomic E-state index is 9.91. The number of phenols is 1. The van der Waals surface area contributed by atoms with Gasteiger partial charge in [-0.2, -0.15) is 0 Å². The molecule has 2 unspecified atom stereocenters. The topological polar surface area (TPSA) is 50.7 Å². The van der Waals surface area contributed by atoms with Crippen LogP contribution in [0.3, 0.4) is 0 Å². The number of hydrogen-bond donors (Lipinski definition) is 2. The summed E-state index contributed by atoms with van der Waals surface area (Å²) in [5, 5.41) is 13.4. The fourth-order valence-corrected chi connectivity index (χ4v) is 2.69. The number of methoxy groups -OCH3 is 2. The first-order valence-corrected chi connectivity index (χ1v) is 6.61. The maximum Gasteiger partial charge on any atom is 0.123 e. The Morgan fingerprint density at radius 2 is 2.11 bits per heavy atom. The van der Waals surface area contributed by atoms with E-state index in [1.165, 1.54) is 0 Å². The minimum Gasteiger partial charge on any atom is -0.507 e. The first kappa shape index (κ1) is 14.2. The molecule has 1 fully saturated rings. The lowest BCUT2D eigenvalue weighted by Gasteiger charge is -2.51. The Kier molecular flexibility index (Phi) is 4.02. The molecule has 19 heavy (non-hydrogen) atoms. The third-order valence-corrected chi connectivity index (χ3v) is 4.29. The van der Waals surface area contributed by atoms with Crippen LogP contribution in [0.1, 0.15) is 25.8 Å². The average molecular weight is 265 g/mol. The van der Waals surface area contributed by atoms with Gasteiger partial charge in [0.1, 0.15) is 11.5 Å². The van der Waals surface area contributed by atoms with E-state index in [1.807, 2.05) is 12.1 Å². The number of rotatable bonds is 5. The zero-order valence-corrected chi connectivity index (χ0v) is 12.1. The normalized spacial score (nSPS) is 24.8. The quantitative estimate of drug-likeness (QED) is 0.857. The zero-order chi connectivity index (χ0) is 14.0. The highest BCUT2D eigenvalue weighted by molar-refractivity contribution is 5.39. The van der Waals surface area contributed by atoms with Crippen molar-refractivity contribution in [3.8, 4) is 11.5 Å². The standard InChI is InChI=1S/C15H23NO3/c1-15(2)13(8-14(15)19-4)16-9-10-5-6-11(18-3)7-12(10)17/h5-7,13-14,16-17H,8-9H2,1-4H3. The molecular weight excluding hydrogens is 242 g/mol. The number of hydrogen-bond acceptors (Lipinski definition) is 4. The molecule has 0 saturated heterocycles. The minimum absolute atomic E-state index is 0.136. The zero-order valence-electron chi connectivity index (χ0n) is 12.1. The second-order valence-corrected chi connectivity index (χ2v) is 5.71. The molecule has 2 atom stereocenters. The smallest absolute Gasteiger partial charge is 0.123 e. The molecule has 4 heteroatoms. The summed E-state index contributed by atoms with van der Waals surface area (Å²) in [7, 11) is 3.35. The Hall–Kier alpha value is -1.26. The van der Waals surface area contributed by atoms with E-state index < -0.39 is 0 Å². The van der Waals surface area contributed by atoms with Gasteiger partial charge in [-0.3, -0.25) is 0 Å². The summed E-state index contributed by atoms with van der Waals surface area (Å²) in [5.74, 6) is 0.942. The van der Waals surface area contributed by atoms with E-state index >= 15 is 0 Å². The van der Waals surface area contributed by atoms with Crippen molar-refractivity contribution in [3.63, 3.8) is 0 Å². The third kappa shape index (κ3) is 2.69. The van der Waals surface area contributed by atoms with Crippen molar-refractivity contribution in [3.05, 3.63) is 23.8 Å². The summed E-state index contributed by atoms with van der Waals surface area (Å²) < 4.78 is 10.5. The monoisotopic (exact) mass is 265 g/mol. The van der Waals surface area contributed by atoms with Crippen LogP contribution in [0, 0.1) is 5.41 Å². The van der Waals surface area contributed by atoms with Crippen molar-refractivity contribution in [2.24, 2.45) is 5.41 Å². The van der Waals surface area contributed by atoms with Crippen molar-refractivity contribution in [2.75, 3.05) is 14.2 Å². The second kappa shape index (κ2) is 5.39. The molecule has 1 aromatic carbocycles. The van der Waals surface area contributed by atoms with Crippen LogP contribution in [0.25, 0.3) is 0 Å². The molecule has 0 spiro atoms. The summed E-state index contributed by atoms with van der Waals surface area (Å²) >= 11 is 0. The number of ether oxygens (including phenoxy) is 2. The summed E-state index contributed by atoms with van der Waals surface area (Å²) in [6.07, 6.45) is 1.33. The lowest BCUT2D eigenvalue weighted by atomic mass is 9.64. The van der Waals surface area contributed by atoms with Gasteiger partial charge in [-0.1, -0.05) is 19.9 Å². The van der Waals surface area contributed by atoms with E-state index in [0.29, 0.717) is 24.4 Å². The Morgan fingerprint density at radius 3 is 2.63 bits per heavy atom. The molecule has 0 radical (unpaired) electrons. The van der Waals surface area contributed by atoms with Crippen LogP contribution in [0.2, 0.25) is 0 Å². The van der Waals surface area contributed by atoms with Crippen LogP contribution in [-0.2, 0) is 11.3 Å². The Bertz CT molecular complexity index is 445. The van der Waals surface area contributed by atoms with Gasteiger partial charge in [0.2, 0.25) is 0 Å². The SMILES string of the molecule is COc1ccc(CNC2CC(OC)C2(C)C)c(O)c1. The van der Waals surface area contributed by atoms with Gasteiger partial charge < -0.3 is 19.9 Å². The van der Waals surface area contributed by atoms with Crippen molar-refractivity contribution >= 4 is 0 Å². The second-order valence-electron chi connectivity index (χ2n) is 5.71. The summed E-state index contributed by atoms with van der Waals surface area (Å²) in [5.41, 5.74) is 1.02. The van der Waals surface area contributed by atoms with E-state index in [9.17, 15) is 5.11 Å². The third-order valence-electron chi connectivity index (χ3n) is 4.29. The lowest BCUT2D eigenvalue weighted by molar-refractivity contribution is -0.0979. The number of phenolic OH excluding ortho intramolecular Hbond substituents is 1. The molecule has 2 N–H and O–H groups in total. The molecule has 1 aliphatic rings. The minimum atomic E-state index is 0.136. The van der Waals surface area contributed by atoms with Gasteiger partial charge >= 0.3 is 0 Å². The fourth-order valence-electron chi connectivity index (χ4n) is 2.69. The molecule has 2 rings (SSSR count). The highest BCUT2D eigenvalue weighted by Crippen LogP contribution is 2.42. The molecule has 0 amide bonds. The van der Waals surface area contributed by atoms with Crippen LogP contribution in [0.5, 0.6) is 11.5 Å². The first-order valence-electron chi connectivity index (χ1n) is 6.61. The van der Waals surface area contributed by atoms with Gasteiger partial charge in [-0.25, -0.2) is 0 Å². The summed E-state index contributed by atoms with van der Waals surface area (Å²) in [6.45, 7) is 5.06. The summed E-state index contributed by atoms with van der Waals surface area (Å²) in [4.78, 5) is 0. The molecule has 1 aliphatic carbocycles. The molecular formula is C15H23NO3. The van der Waals surface area contributed by atoms with Gasteiger partial charge in [-0.05, 0) is 12.5 Å². The van der Waals surface area contributed by atoms with E-state index in [-0.39, 0.29) is 11.2 Å². The number of nitrogens with one attached hydrogen (secondary N) is 1. The van der Waals surface area contributed by atoms with E-state index in [0.717, 1.165) is 12.0 Å². The van der Waals surface area contributed by atoms with Gasteiger partial charge in [0.15, 0.2) is 0 Å². The van der Waals surface area contributed by atoms with Gasteiger partial charge in [0, 0.05) is 36.7 Å².